The number of benzene rings is 1. The normalized spacial score (nSPS) is 13.4. The first-order valence-corrected chi connectivity index (χ1v) is 7.85. The van der Waals surface area contributed by atoms with Crippen molar-refractivity contribution in [2.45, 2.75) is 26.8 Å². The number of rotatable bonds is 5. The maximum absolute atomic E-state index is 12.2. The molecule has 126 valence electrons. The molecule has 1 N–H and O–H groups in total. The molecular weight excluding hydrogens is 310 g/mol. The molecule has 1 aliphatic rings. The lowest BCUT2D eigenvalue weighted by molar-refractivity contribution is -0.121. The standard InChI is InChI=1S/C17H19N3O4/c1-3-6-18-17(22)12-9-24-15(19-12)8-20-13-7-11(2)4-5-14(13)23-10-16(20)21/h4-5,7,9H,3,6,8,10H2,1-2H3,(H,18,22). The van der Waals surface area contributed by atoms with Crippen LogP contribution in [0.1, 0.15) is 35.3 Å². The number of fused-ring (bicyclic) bond motifs is 1. The molecule has 0 radical (unpaired) electrons. The van der Waals surface area contributed by atoms with Crippen LogP contribution in [-0.4, -0.2) is 29.9 Å². The summed E-state index contributed by atoms with van der Waals surface area (Å²) in [5, 5.41) is 2.74. The lowest BCUT2D eigenvalue weighted by Gasteiger charge is -2.28. The van der Waals surface area contributed by atoms with Crippen LogP contribution in [0.2, 0.25) is 0 Å². The fourth-order valence-electron chi connectivity index (χ4n) is 2.44. The Labute approximate surface area is 139 Å². The van der Waals surface area contributed by atoms with Gasteiger partial charge in [-0.05, 0) is 31.0 Å². The van der Waals surface area contributed by atoms with Gasteiger partial charge in [-0.1, -0.05) is 13.0 Å². The number of ether oxygens (including phenoxy) is 1. The number of nitrogens with zero attached hydrogens (tertiary/aromatic N) is 2. The molecule has 24 heavy (non-hydrogen) atoms. The number of hydrogen-bond donors (Lipinski definition) is 1. The topological polar surface area (TPSA) is 84.7 Å². The van der Waals surface area contributed by atoms with Crippen LogP contribution in [0.5, 0.6) is 5.75 Å². The Hall–Kier alpha value is -2.83. The molecule has 3 rings (SSSR count). The average Bonchev–Trinajstić information content (AvgIpc) is 3.04. The van der Waals surface area contributed by atoms with Gasteiger partial charge < -0.3 is 14.5 Å². The van der Waals surface area contributed by atoms with Gasteiger partial charge in [-0.25, -0.2) is 4.98 Å². The Bertz CT molecular complexity index is 769. The maximum atomic E-state index is 12.2. The van der Waals surface area contributed by atoms with Gasteiger partial charge in [0.2, 0.25) is 5.89 Å². The van der Waals surface area contributed by atoms with Gasteiger partial charge in [0.05, 0.1) is 5.69 Å². The number of carbonyl (C=O) groups excluding carboxylic acids is 2. The summed E-state index contributed by atoms with van der Waals surface area (Å²) in [6, 6.07) is 5.64. The number of carbonyl (C=O) groups is 2. The van der Waals surface area contributed by atoms with Gasteiger partial charge in [0.15, 0.2) is 12.3 Å². The van der Waals surface area contributed by atoms with Gasteiger partial charge in [-0.3, -0.25) is 14.5 Å². The third-order valence-electron chi connectivity index (χ3n) is 3.67. The highest BCUT2D eigenvalue weighted by Gasteiger charge is 2.27. The highest BCUT2D eigenvalue weighted by Crippen LogP contribution is 2.33. The van der Waals surface area contributed by atoms with Crippen molar-refractivity contribution in [1.29, 1.82) is 0 Å². The SMILES string of the molecule is CCCNC(=O)c1coc(CN2C(=O)COc3ccc(C)cc32)n1. The largest absolute Gasteiger partial charge is 0.482 e. The molecule has 1 aromatic heterocycles. The minimum absolute atomic E-state index is 0.0272. The summed E-state index contributed by atoms with van der Waals surface area (Å²) >= 11 is 0. The molecule has 7 nitrogen and oxygen atoms in total. The number of nitrogens with one attached hydrogen (secondary N) is 1. The zero-order valence-corrected chi connectivity index (χ0v) is 13.7. The van der Waals surface area contributed by atoms with E-state index in [1.54, 1.807) is 4.90 Å². The third kappa shape index (κ3) is 3.24. The number of aryl methyl sites for hydroxylation is 1. The van der Waals surface area contributed by atoms with Crippen molar-refractivity contribution in [1.82, 2.24) is 10.3 Å². The molecule has 7 heteroatoms. The Kier molecular flexibility index (Phi) is 4.50. The van der Waals surface area contributed by atoms with E-state index in [9.17, 15) is 9.59 Å². The predicted octanol–water partition coefficient (Wildman–Crippen LogP) is 2.05. The summed E-state index contributed by atoms with van der Waals surface area (Å²) in [6.07, 6.45) is 2.15. The van der Waals surface area contributed by atoms with E-state index < -0.39 is 0 Å². The van der Waals surface area contributed by atoms with E-state index in [2.05, 4.69) is 10.3 Å². The maximum Gasteiger partial charge on any atom is 0.273 e. The summed E-state index contributed by atoms with van der Waals surface area (Å²) in [7, 11) is 0. The van der Waals surface area contributed by atoms with E-state index in [0.29, 0.717) is 23.9 Å². The number of aromatic nitrogens is 1. The predicted molar refractivity (Wildman–Crippen MR) is 87.0 cm³/mol. The first-order chi connectivity index (χ1) is 11.6. The van der Waals surface area contributed by atoms with E-state index in [0.717, 1.165) is 12.0 Å². The second-order valence-electron chi connectivity index (χ2n) is 5.62. The number of anilines is 1. The lowest BCUT2D eigenvalue weighted by Crippen LogP contribution is -2.38. The Morgan fingerprint density at radius 2 is 2.25 bits per heavy atom. The van der Waals surface area contributed by atoms with Crippen LogP contribution >= 0.6 is 0 Å². The van der Waals surface area contributed by atoms with Crippen LogP contribution in [0.4, 0.5) is 5.69 Å². The van der Waals surface area contributed by atoms with E-state index in [1.807, 2.05) is 32.0 Å². The van der Waals surface area contributed by atoms with Gasteiger partial charge in [-0.15, -0.1) is 0 Å². The van der Waals surface area contributed by atoms with Crippen molar-refractivity contribution in [3.63, 3.8) is 0 Å². The molecule has 0 atom stereocenters. The summed E-state index contributed by atoms with van der Waals surface area (Å²) in [5.41, 5.74) is 1.91. The van der Waals surface area contributed by atoms with Crippen LogP contribution < -0.4 is 15.0 Å². The molecule has 0 unspecified atom stereocenters. The zero-order chi connectivity index (χ0) is 17.1. The van der Waals surface area contributed by atoms with Gasteiger partial charge in [0.1, 0.15) is 18.6 Å². The van der Waals surface area contributed by atoms with Gasteiger partial charge in [0, 0.05) is 6.54 Å². The Balaban J connectivity index is 1.79. The number of amides is 2. The highest BCUT2D eigenvalue weighted by molar-refractivity contribution is 5.97. The third-order valence-corrected chi connectivity index (χ3v) is 3.67. The van der Waals surface area contributed by atoms with Crippen LogP contribution in [0.15, 0.2) is 28.9 Å². The van der Waals surface area contributed by atoms with Gasteiger partial charge >= 0.3 is 0 Å². The molecule has 2 aromatic rings. The fraction of sp³-hybridized carbons (Fsp3) is 0.353. The van der Waals surface area contributed by atoms with Crippen LogP contribution in [-0.2, 0) is 11.3 Å². The highest BCUT2D eigenvalue weighted by atomic mass is 16.5. The quantitative estimate of drug-likeness (QED) is 0.907. The van der Waals surface area contributed by atoms with E-state index >= 15 is 0 Å². The molecule has 0 aliphatic carbocycles. The molecule has 0 saturated carbocycles. The molecule has 0 bridgehead atoms. The summed E-state index contributed by atoms with van der Waals surface area (Å²) < 4.78 is 10.8. The molecule has 0 spiro atoms. The summed E-state index contributed by atoms with van der Waals surface area (Å²) in [5.74, 6) is 0.492. The van der Waals surface area contributed by atoms with Crippen LogP contribution in [0, 0.1) is 6.92 Å². The van der Waals surface area contributed by atoms with Crippen molar-refractivity contribution in [2.75, 3.05) is 18.1 Å². The smallest absolute Gasteiger partial charge is 0.273 e. The van der Waals surface area contributed by atoms with Crippen molar-refractivity contribution >= 4 is 17.5 Å². The first-order valence-electron chi connectivity index (χ1n) is 7.85. The number of hydrogen-bond acceptors (Lipinski definition) is 5. The monoisotopic (exact) mass is 329 g/mol. The van der Waals surface area contributed by atoms with Crippen molar-refractivity contribution < 1.29 is 18.7 Å². The minimum Gasteiger partial charge on any atom is -0.482 e. The molecule has 0 saturated heterocycles. The lowest BCUT2D eigenvalue weighted by atomic mass is 10.1. The van der Waals surface area contributed by atoms with Crippen LogP contribution in [0.25, 0.3) is 0 Å². The molecule has 0 fully saturated rings. The molecule has 1 aromatic carbocycles. The Morgan fingerprint density at radius 1 is 1.42 bits per heavy atom. The number of oxazole rings is 1. The van der Waals surface area contributed by atoms with Gasteiger partial charge in [-0.2, -0.15) is 0 Å². The van der Waals surface area contributed by atoms with Gasteiger partial charge in [0.25, 0.3) is 11.8 Å². The summed E-state index contributed by atoms with van der Waals surface area (Å²) in [6.45, 7) is 4.62. The molecular formula is C17H19N3O4. The van der Waals surface area contributed by atoms with Crippen molar-refractivity contribution in [2.24, 2.45) is 0 Å². The van der Waals surface area contributed by atoms with E-state index in [4.69, 9.17) is 9.15 Å². The Morgan fingerprint density at radius 3 is 3.04 bits per heavy atom. The second-order valence-corrected chi connectivity index (χ2v) is 5.62. The average molecular weight is 329 g/mol. The minimum atomic E-state index is -0.281. The van der Waals surface area contributed by atoms with Crippen molar-refractivity contribution in [3.8, 4) is 5.75 Å². The molecule has 2 heterocycles. The zero-order valence-electron chi connectivity index (χ0n) is 13.7. The van der Waals surface area contributed by atoms with E-state index in [-0.39, 0.29) is 30.7 Å². The van der Waals surface area contributed by atoms with E-state index in [1.165, 1.54) is 6.26 Å². The second kappa shape index (κ2) is 6.74. The van der Waals surface area contributed by atoms with Crippen LogP contribution in [0.3, 0.4) is 0 Å². The first kappa shape index (κ1) is 16.0. The molecule has 2 amide bonds. The molecule has 1 aliphatic heterocycles. The summed E-state index contributed by atoms with van der Waals surface area (Å²) in [4.78, 5) is 29.8. The fourth-order valence-corrected chi connectivity index (χ4v) is 2.44. The van der Waals surface area contributed by atoms with Crippen molar-refractivity contribution in [3.05, 3.63) is 41.6 Å².